The Hall–Kier alpha value is -2.53. The van der Waals surface area contributed by atoms with Crippen LogP contribution >= 0.6 is 11.8 Å². The number of pyridine rings is 1. The molecule has 4 nitrogen and oxygen atoms in total. The highest BCUT2D eigenvalue weighted by atomic mass is 32.2. The van der Waals surface area contributed by atoms with E-state index in [1.807, 2.05) is 38.1 Å². The van der Waals surface area contributed by atoms with Gasteiger partial charge < -0.3 is 10.1 Å². The zero-order chi connectivity index (χ0) is 20.1. The van der Waals surface area contributed by atoms with Crippen molar-refractivity contribution in [1.82, 2.24) is 4.98 Å². The van der Waals surface area contributed by atoms with E-state index in [0.29, 0.717) is 6.61 Å². The number of aromatic nitrogens is 1. The Bertz CT molecular complexity index is 970. The van der Waals surface area contributed by atoms with E-state index >= 15 is 0 Å². The van der Waals surface area contributed by atoms with E-state index in [-0.39, 0.29) is 11.2 Å². The maximum absolute atomic E-state index is 12.8. The molecule has 0 saturated carbocycles. The van der Waals surface area contributed by atoms with Crippen molar-refractivity contribution in [3.05, 3.63) is 59.7 Å². The minimum atomic E-state index is -0.208. The highest BCUT2D eigenvalue weighted by molar-refractivity contribution is 8.00. The number of carbonyl (C=O) groups is 1. The van der Waals surface area contributed by atoms with Gasteiger partial charge in [0.2, 0.25) is 5.91 Å². The number of carbonyl (C=O) groups excluding carboxylic acids is 1. The van der Waals surface area contributed by atoms with E-state index in [2.05, 4.69) is 43.4 Å². The summed E-state index contributed by atoms with van der Waals surface area (Å²) in [5.41, 5.74) is 4.10. The highest BCUT2D eigenvalue weighted by Crippen LogP contribution is 2.30. The second-order valence-corrected chi connectivity index (χ2v) is 7.93. The van der Waals surface area contributed by atoms with Crippen molar-refractivity contribution in [2.45, 2.75) is 44.4 Å². The molecule has 5 heteroatoms. The summed E-state index contributed by atoms with van der Waals surface area (Å²) >= 11 is 1.52. The number of fused-ring (bicyclic) bond motifs is 1. The molecule has 28 heavy (non-hydrogen) atoms. The molecule has 0 aliphatic heterocycles. The van der Waals surface area contributed by atoms with Crippen LogP contribution in [0.3, 0.4) is 0 Å². The van der Waals surface area contributed by atoms with Gasteiger partial charge in [-0.05, 0) is 68.7 Å². The number of benzene rings is 2. The fraction of sp³-hybridized carbons (Fsp3) is 0.304. The lowest BCUT2D eigenvalue weighted by atomic mass is 10.1. The van der Waals surface area contributed by atoms with Crippen LogP contribution in [0.5, 0.6) is 5.75 Å². The molecule has 1 atom stereocenters. The molecule has 0 aliphatic carbocycles. The zero-order valence-electron chi connectivity index (χ0n) is 16.8. The number of thioether (sulfide) groups is 1. The molecule has 1 aromatic heterocycles. The van der Waals surface area contributed by atoms with Gasteiger partial charge in [0.15, 0.2) is 0 Å². The van der Waals surface area contributed by atoms with Crippen LogP contribution in [0, 0.1) is 13.8 Å². The monoisotopic (exact) mass is 394 g/mol. The molecule has 3 rings (SSSR count). The summed E-state index contributed by atoms with van der Waals surface area (Å²) < 4.78 is 5.44. The van der Waals surface area contributed by atoms with E-state index in [9.17, 15) is 4.79 Å². The minimum absolute atomic E-state index is 0.0130. The number of amides is 1. The number of para-hydroxylation sites is 1. The number of nitrogens with one attached hydrogen (secondary N) is 1. The Balaban J connectivity index is 1.75. The minimum Gasteiger partial charge on any atom is -0.494 e. The number of anilines is 1. The molecule has 0 aliphatic rings. The van der Waals surface area contributed by atoms with Crippen LogP contribution in [0.2, 0.25) is 0 Å². The third kappa shape index (κ3) is 4.65. The number of ether oxygens (including phenoxy) is 1. The van der Waals surface area contributed by atoms with E-state index in [1.165, 1.54) is 17.3 Å². The molecule has 3 aromatic rings. The molecule has 0 spiro atoms. The molecule has 2 aromatic carbocycles. The summed E-state index contributed by atoms with van der Waals surface area (Å²) in [5.74, 6) is 0.786. The molecule has 1 unspecified atom stereocenters. The second-order valence-electron chi connectivity index (χ2n) is 6.71. The van der Waals surface area contributed by atoms with Gasteiger partial charge in [-0.3, -0.25) is 4.79 Å². The Morgan fingerprint density at radius 2 is 1.86 bits per heavy atom. The van der Waals surface area contributed by atoms with Crippen molar-refractivity contribution < 1.29 is 9.53 Å². The fourth-order valence-electron chi connectivity index (χ4n) is 3.08. The zero-order valence-corrected chi connectivity index (χ0v) is 17.6. The second kappa shape index (κ2) is 9.11. The molecule has 0 saturated heterocycles. The normalized spacial score (nSPS) is 12.0. The standard InChI is InChI=1S/C23H26N2O2S/c1-5-20(23(26)24-17-10-12-18(13-11-17)27-6-2)28-21-14-16(4)19-9-7-8-15(3)22(19)25-21/h7-14,20H,5-6H2,1-4H3,(H,24,26). The molecule has 146 valence electrons. The first-order valence-corrected chi connectivity index (χ1v) is 10.5. The molecule has 1 amide bonds. The molecule has 0 radical (unpaired) electrons. The van der Waals surface area contributed by atoms with Gasteiger partial charge in [0.25, 0.3) is 0 Å². The van der Waals surface area contributed by atoms with Crippen LogP contribution in [0.4, 0.5) is 5.69 Å². The van der Waals surface area contributed by atoms with E-state index < -0.39 is 0 Å². The van der Waals surface area contributed by atoms with E-state index in [0.717, 1.165) is 39.4 Å². The SMILES string of the molecule is CCOc1ccc(NC(=O)C(CC)Sc2cc(C)c3cccc(C)c3n2)cc1. The summed E-state index contributed by atoms with van der Waals surface area (Å²) in [6.45, 7) is 8.75. The van der Waals surface area contributed by atoms with Gasteiger partial charge in [0.05, 0.1) is 22.4 Å². The van der Waals surface area contributed by atoms with Gasteiger partial charge >= 0.3 is 0 Å². The topological polar surface area (TPSA) is 51.2 Å². The molecule has 0 fully saturated rings. The van der Waals surface area contributed by atoms with Gasteiger partial charge in [-0.25, -0.2) is 4.98 Å². The first kappa shape index (κ1) is 20.2. The van der Waals surface area contributed by atoms with Crippen molar-refractivity contribution in [3.63, 3.8) is 0 Å². The molecule has 0 bridgehead atoms. The molecule has 1 heterocycles. The van der Waals surface area contributed by atoms with Gasteiger partial charge in [-0.1, -0.05) is 36.9 Å². The van der Waals surface area contributed by atoms with Crippen LogP contribution in [0.25, 0.3) is 10.9 Å². The Morgan fingerprint density at radius 1 is 1.11 bits per heavy atom. The van der Waals surface area contributed by atoms with Gasteiger partial charge in [0, 0.05) is 11.1 Å². The quantitative estimate of drug-likeness (QED) is 0.518. The maximum Gasteiger partial charge on any atom is 0.237 e. The lowest BCUT2D eigenvalue weighted by Crippen LogP contribution is -2.24. The van der Waals surface area contributed by atoms with Gasteiger partial charge in [0.1, 0.15) is 5.75 Å². The first-order valence-electron chi connectivity index (χ1n) is 9.59. The fourth-order valence-corrected chi connectivity index (χ4v) is 4.10. The molecular formula is C23H26N2O2S. The van der Waals surface area contributed by atoms with Crippen molar-refractivity contribution >= 4 is 34.3 Å². The number of hydrogen-bond acceptors (Lipinski definition) is 4. The summed E-state index contributed by atoms with van der Waals surface area (Å²) in [4.78, 5) is 17.6. The lowest BCUT2D eigenvalue weighted by molar-refractivity contribution is -0.115. The Labute approximate surface area is 170 Å². The van der Waals surface area contributed by atoms with Crippen LogP contribution in [-0.2, 0) is 4.79 Å². The predicted molar refractivity (Wildman–Crippen MR) is 117 cm³/mol. The predicted octanol–water partition coefficient (Wildman–Crippen LogP) is 5.76. The van der Waals surface area contributed by atoms with Gasteiger partial charge in [-0.2, -0.15) is 0 Å². The van der Waals surface area contributed by atoms with Crippen LogP contribution in [0.15, 0.2) is 53.6 Å². The molecular weight excluding hydrogens is 368 g/mol. The Morgan fingerprint density at radius 3 is 2.54 bits per heavy atom. The molecule has 1 N–H and O–H groups in total. The summed E-state index contributed by atoms with van der Waals surface area (Å²) in [6.07, 6.45) is 0.722. The smallest absolute Gasteiger partial charge is 0.237 e. The number of nitrogens with zero attached hydrogens (tertiary/aromatic N) is 1. The Kier molecular flexibility index (Phi) is 6.57. The highest BCUT2D eigenvalue weighted by Gasteiger charge is 2.19. The third-order valence-electron chi connectivity index (χ3n) is 4.58. The van der Waals surface area contributed by atoms with Crippen molar-refractivity contribution in [1.29, 1.82) is 0 Å². The van der Waals surface area contributed by atoms with Crippen LogP contribution < -0.4 is 10.1 Å². The van der Waals surface area contributed by atoms with Crippen LogP contribution in [0.1, 0.15) is 31.4 Å². The van der Waals surface area contributed by atoms with Crippen molar-refractivity contribution in [2.75, 3.05) is 11.9 Å². The average Bonchev–Trinajstić information content (AvgIpc) is 2.68. The van der Waals surface area contributed by atoms with Crippen molar-refractivity contribution in [3.8, 4) is 5.75 Å². The summed E-state index contributed by atoms with van der Waals surface area (Å²) in [6, 6.07) is 15.7. The van der Waals surface area contributed by atoms with Gasteiger partial charge in [-0.15, -0.1) is 0 Å². The lowest BCUT2D eigenvalue weighted by Gasteiger charge is -2.16. The van der Waals surface area contributed by atoms with Crippen LogP contribution in [-0.4, -0.2) is 22.7 Å². The first-order chi connectivity index (χ1) is 13.5. The number of aryl methyl sites for hydroxylation is 2. The summed E-state index contributed by atoms with van der Waals surface area (Å²) in [5, 5.41) is 4.84. The number of hydrogen-bond donors (Lipinski definition) is 1. The van der Waals surface area contributed by atoms with E-state index in [1.54, 1.807) is 0 Å². The largest absolute Gasteiger partial charge is 0.494 e. The third-order valence-corrected chi connectivity index (χ3v) is 5.87. The maximum atomic E-state index is 12.8. The summed E-state index contributed by atoms with van der Waals surface area (Å²) in [7, 11) is 0. The average molecular weight is 395 g/mol. The number of rotatable bonds is 7. The van der Waals surface area contributed by atoms with E-state index in [4.69, 9.17) is 9.72 Å². The van der Waals surface area contributed by atoms with Crippen molar-refractivity contribution in [2.24, 2.45) is 0 Å².